The van der Waals surface area contributed by atoms with E-state index in [0.717, 1.165) is 0 Å². The Bertz CT molecular complexity index is 432. The number of nitriles is 1. The number of hydrogen-bond donors (Lipinski definition) is 1. The van der Waals surface area contributed by atoms with Gasteiger partial charge in [-0.1, -0.05) is 24.2 Å². The third-order valence-corrected chi connectivity index (χ3v) is 4.80. The van der Waals surface area contributed by atoms with Crippen molar-refractivity contribution in [2.75, 3.05) is 11.1 Å². The molecule has 2 rings (SSSR count). The molecular formula is C11H13N3OS2. The minimum Gasteiger partial charge on any atom is -0.301 e. The van der Waals surface area contributed by atoms with E-state index in [1.807, 2.05) is 6.07 Å². The molecule has 1 saturated carbocycles. The van der Waals surface area contributed by atoms with Crippen LogP contribution in [0.1, 0.15) is 30.6 Å². The Hall–Kier alpha value is -1.06. The summed E-state index contributed by atoms with van der Waals surface area (Å²) in [4.78, 5) is 16.1. The van der Waals surface area contributed by atoms with Crippen LogP contribution in [0.3, 0.4) is 0 Å². The minimum atomic E-state index is -0.0271. The van der Waals surface area contributed by atoms with E-state index >= 15 is 0 Å². The zero-order valence-corrected chi connectivity index (χ0v) is 10.9. The zero-order valence-electron chi connectivity index (χ0n) is 9.31. The lowest BCUT2D eigenvalue weighted by atomic mass is 10.4. The summed E-state index contributed by atoms with van der Waals surface area (Å²) < 4.78 is 0. The van der Waals surface area contributed by atoms with Gasteiger partial charge in [0, 0.05) is 5.25 Å². The highest BCUT2D eigenvalue weighted by Gasteiger charge is 2.17. The summed E-state index contributed by atoms with van der Waals surface area (Å²) in [5.41, 5.74) is 0. The third kappa shape index (κ3) is 3.72. The first-order chi connectivity index (χ1) is 8.28. The van der Waals surface area contributed by atoms with Gasteiger partial charge in [0.1, 0.15) is 10.9 Å². The third-order valence-electron chi connectivity index (χ3n) is 2.61. The zero-order chi connectivity index (χ0) is 12.1. The van der Waals surface area contributed by atoms with Crippen LogP contribution in [0.4, 0.5) is 5.13 Å². The van der Waals surface area contributed by atoms with Gasteiger partial charge in [0.25, 0.3) is 0 Å². The van der Waals surface area contributed by atoms with Crippen molar-refractivity contribution in [1.82, 2.24) is 4.98 Å². The fourth-order valence-electron chi connectivity index (χ4n) is 1.79. The SMILES string of the molecule is N#Cc1cnc(NC(=O)CSC2CCCC2)s1. The maximum Gasteiger partial charge on any atom is 0.236 e. The van der Waals surface area contributed by atoms with Gasteiger partial charge < -0.3 is 5.32 Å². The number of aromatic nitrogens is 1. The van der Waals surface area contributed by atoms with Crippen LogP contribution in [0, 0.1) is 11.3 Å². The van der Waals surface area contributed by atoms with Gasteiger partial charge in [0.2, 0.25) is 5.91 Å². The first kappa shape index (κ1) is 12.4. The van der Waals surface area contributed by atoms with E-state index in [9.17, 15) is 4.79 Å². The van der Waals surface area contributed by atoms with Crippen molar-refractivity contribution < 1.29 is 4.79 Å². The first-order valence-corrected chi connectivity index (χ1v) is 7.42. The molecule has 0 aromatic carbocycles. The summed E-state index contributed by atoms with van der Waals surface area (Å²) >= 11 is 2.93. The fraction of sp³-hybridized carbons (Fsp3) is 0.545. The molecule has 1 amide bonds. The molecule has 1 heterocycles. The summed E-state index contributed by atoms with van der Waals surface area (Å²) in [6.45, 7) is 0. The van der Waals surface area contributed by atoms with Crippen LogP contribution < -0.4 is 5.32 Å². The van der Waals surface area contributed by atoms with E-state index in [1.165, 1.54) is 43.2 Å². The molecule has 4 nitrogen and oxygen atoms in total. The number of nitrogens with one attached hydrogen (secondary N) is 1. The predicted molar refractivity (Wildman–Crippen MR) is 70.2 cm³/mol. The molecule has 0 aliphatic heterocycles. The Morgan fingerprint density at radius 1 is 1.65 bits per heavy atom. The molecule has 0 saturated heterocycles. The Morgan fingerprint density at radius 2 is 2.41 bits per heavy atom. The fourth-order valence-corrected chi connectivity index (χ4v) is 3.54. The van der Waals surface area contributed by atoms with E-state index < -0.39 is 0 Å². The molecule has 1 aromatic rings. The summed E-state index contributed by atoms with van der Waals surface area (Å²) in [6, 6.07) is 2.00. The van der Waals surface area contributed by atoms with Crippen molar-refractivity contribution in [3.63, 3.8) is 0 Å². The smallest absolute Gasteiger partial charge is 0.236 e. The van der Waals surface area contributed by atoms with Gasteiger partial charge in [-0.25, -0.2) is 4.98 Å². The molecule has 1 aliphatic rings. The number of thiazole rings is 1. The second kappa shape index (κ2) is 6.03. The van der Waals surface area contributed by atoms with E-state index in [4.69, 9.17) is 5.26 Å². The Kier molecular flexibility index (Phi) is 4.40. The summed E-state index contributed by atoms with van der Waals surface area (Å²) in [5.74, 6) is 0.451. The van der Waals surface area contributed by atoms with Crippen molar-refractivity contribution in [1.29, 1.82) is 5.26 Å². The molecular weight excluding hydrogens is 254 g/mol. The average molecular weight is 267 g/mol. The molecule has 1 fully saturated rings. The van der Waals surface area contributed by atoms with Crippen molar-refractivity contribution >= 4 is 34.1 Å². The van der Waals surface area contributed by atoms with Crippen LogP contribution in [0.15, 0.2) is 6.20 Å². The number of nitrogens with zero attached hydrogens (tertiary/aromatic N) is 2. The Labute approximate surface area is 108 Å². The number of amides is 1. The molecule has 0 spiro atoms. The molecule has 1 aromatic heterocycles. The predicted octanol–water partition coefficient (Wildman–Crippen LogP) is 2.63. The van der Waals surface area contributed by atoms with Crippen molar-refractivity contribution in [2.24, 2.45) is 0 Å². The van der Waals surface area contributed by atoms with Crippen molar-refractivity contribution in [3.05, 3.63) is 11.1 Å². The lowest BCUT2D eigenvalue weighted by Crippen LogP contribution is -2.15. The van der Waals surface area contributed by atoms with Crippen LogP contribution in [0.2, 0.25) is 0 Å². The van der Waals surface area contributed by atoms with E-state index in [-0.39, 0.29) is 5.91 Å². The van der Waals surface area contributed by atoms with Crippen molar-refractivity contribution in [2.45, 2.75) is 30.9 Å². The lowest BCUT2D eigenvalue weighted by molar-refractivity contribution is -0.113. The number of anilines is 1. The Balaban J connectivity index is 1.75. The van der Waals surface area contributed by atoms with Gasteiger partial charge in [0.15, 0.2) is 5.13 Å². The number of hydrogen-bond acceptors (Lipinski definition) is 5. The van der Waals surface area contributed by atoms with Gasteiger partial charge in [-0.3, -0.25) is 4.79 Å². The Morgan fingerprint density at radius 3 is 3.06 bits per heavy atom. The highest BCUT2D eigenvalue weighted by Crippen LogP contribution is 2.29. The monoisotopic (exact) mass is 267 g/mol. The highest BCUT2D eigenvalue weighted by atomic mass is 32.2. The summed E-state index contributed by atoms with van der Waals surface area (Å²) in [5, 5.41) is 12.5. The van der Waals surface area contributed by atoms with Crippen LogP contribution >= 0.6 is 23.1 Å². The maximum absolute atomic E-state index is 11.6. The van der Waals surface area contributed by atoms with Crippen LogP contribution in [0.25, 0.3) is 0 Å². The molecule has 1 aliphatic carbocycles. The molecule has 90 valence electrons. The van der Waals surface area contributed by atoms with E-state index in [2.05, 4.69) is 10.3 Å². The van der Waals surface area contributed by atoms with E-state index in [0.29, 0.717) is 21.0 Å². The first-order valence-electron chi connectivity index (χ1n) is 5.55. The quantitative estimate of drug-likeness (QED) is 0.910. The van der Waals surface area contributed by atoms with E-state index in [1.54, 1.807) is 11.8 Å². The number of carbonyl (C=O) groups excluding carboxylic acids is 1. The number of thioether (sulfide) groups is 1. The second-order valence-corrected chi connectivity index (χ2v) is 6.23. The standard InChI is InChI=1S/C11H13N3OS2/c12-5-9-6-13-11(17-9)14-10(15)7-16-8-3-1-2-4-8/h6,8H,1-4,7H2,(H,13,14,15). The van der Waals surface area contributed by atoms with Gasteiger partial charge >= 0.3 is 0 Å². The second-order valence-electron chi connectivity index (χ2n) is 3.91. The topological polar surface area (TPSA) is 65.8 Å². The van der Waals surface area contributed by atoms with Gasteiger partial charge in [-0.15, -0.1) is 11.8 Å². The molecule has 0 radical (unpaired) electrons. The molecule has 1 N–H and O–H groups in total. The molecule has 0 bridgehead atoms. The number of rotatable bonds is 4. The highest BCUT2D eigenvalue weighted by molar-refractivity contribution is 8.00. The normalized spacial score (nSPS) is 15.7. The van der Waals surface area contributed by atoms with Crippen LogP contribution in [-0.4, -0.2) is 21.9 Å². The average Bonchev–Trinajstić information content (AvgIpc) is 2.97. The summed E-state index contributed by atoms with van der Waals surface area (Å²) in [6.07, 6.45) is 6.51. The van der Waals surface area contributed by atoms with Crippen LogP contribution in [0.5, 0.6) is 0 Å². The van der Waals surface area contributed by atoms with Gasteiger partial charge in [0.05, 0.1) is 11.9 Å². The number of carbonyl (C=O) groups is 1. The molecule has 17 heavy (non-hydrogen) atoms. The molecule has 0 atom stereocenters. The molecule has 6 heteroatoms. The summed E-state index contributed by atoms with van der Waals surface area (Å²) in [7, 11) is 0. The lowest BCUT2D eigenvalue weighted by Gasteiger charge is -2.07. The van der Waals surface area contributed by atoms with Crippen LogP contribution in [-0.2, 0) is 4.79 Å². The maximum atomic E-state index is 11.6. The molecule has 0 unspecified atom stereocenters. The van der Waals surface area contributed by atoms with Crippen molar-refractivity contribution in [3.8, 4) is 6.07 Å². The minimum absolute atomic E-state index is 0.0271. The van der Waals surface area contributed by atoms with Gasteiger partial charge in [-0.05, 0) is 12.8 Å². The van der Waals surface area contributed by atoms with Gasteiger partial charge in [-0.2, -0.15) is 5.26 Å². The largest absolute Gasteiger partial charge is 0.301 e.